The second-order valence-electron chi connectivity index (χ2n) is 12.0. The molecule has 0 amide bonds. The standard InChI is InChI=1S/C32H48F2O3/c1-3-5-6-7-22-8-10-23(11-9-22)24-12-14-26(15-13-24)32(35)37-29-21-20-28(30(33)31(29)34)25-16-18-27(19-17-25)36-4-2/h20-27H,3-19H2,1-2H3. The van der Waals surface area contributed by atoms with Crippen LogP contribution >= 0.6 is 0 Å². The van der Waals surface area contributed by atoms with Gasteiger partial charge in [0, 0.05) is 6.61 Å². The van der Waals surface area contributed by atoms with Gasteiger partial charge in [0.2, 0.25) is 5.82 Å². The molecule has 0 spiro atoms. The zero-order chi connectivity index (χ0) is 26.2. The maximum atomic E-state index is 15.0. The van der Waals surface area contributed by atoms with Crippen LogP contribution in [0.4, 0.5) is 8.78 Å². The second kappa shape index (κ2) is 14.1. The smallest absolute Gasteiger partial charge is 0.314 e. The summed E-state index contributed by atoms with van der Waals surface area (Å²) in [6.07, 6.45) is 18.0. The van der Waals surface area contributed by atoms with E-state index in [1.165, 1.54) is 57.4 Å². The molecule has 0 saturated heterocycles. The fourth-order valence-electron chi connectivity index (χ4n) is 7.37. The Labute approximate surface area is 223 Å². The Hall–Kier alpha value is -1.49. The van der Waals surface area contributed by atoms with Crippen molar-refractivity contribution >= 4 is 5.97 Å². The SMILES string of the molecule is CCCCCC1CCC(C2CCC(C(=O)Oc3ccc(C4CCC(OCC)CC4)c(F)c3F)CC2)CC1. The van der Waals surface area contributed by atoms with Crippen molar-refractivity contribution in [3.05, 3.63) is 29.3 Å². The lowest BCUT2D eigenvalue weighted by Crippen LogP contribution is -2.30. The van der Waals surface area contributed by atoms with Crippen LogP contribution in [0, 0.1) is 35.3 Å². The van der Waals surface area contributed by atoms with Gasteiger partial charge in [0.25, 0.3) is 0 Å². The minimum Gasteiger partial charge on any atom is -0.423 e. The van der Waals surface area contributed by atoms with Gasteiger partial charge in [0.1, 0.15) is 0 Å². The summed E-state index contributed by atoms with van der Waals surface area (Å²) in [6, 6.07) is 3.06. The molecule has 208 valence electrons. The minimum atomic E-state index is -1.03. The van der Waals surface area contributed by atoms with Crippen LogP contribution in [0.2, 0.25) is 0 Å². The van der Waals surface area contributed by atoms with Gasteiger partial charge in [-0.1, -0.05) is 51.5 Å². The van der Waals surface area contributed by atoms with Crippen molar-refractivity contribution in [3.8, 4) is 5.75 Å². The largest absolute Gasteiger partial charge is 0.423 e. The van der Waals surface area contributed by atoms with E-state index in [-0.39, 0.29) is 23.7 Å². The molecule has 3 nitrogen and oxygen atoms in total. The normalized spacial score (nSPS) is 30.7. The maximum Gasteiger partial charge on any atom is 0.314 e. The molecule has 3 saturated carbocycles. The highest BCUT2D eigenvalue weighted by Gasteiger charge is 2.34. The number of esters is 1. The minimum absolute atomic E-state index is 0.0161. The number of ether oxygens (including phenoxy) is 2. The molecule has 1 aromatic carbocycles. The molecule has 0 unspecified atom stereocenters. The van der Waals surface area contributed by atoms with Crippen LogP contribution in [0.15, 0.2) is 12.1 Å². The second-order valence-corrected chi connectivity index (χ2v) is 12.0. The van der Waals surface area contributed by atoms with Crippen LogP contribution in [0.3, 0.4) is 0 Å². The maximum absolute atomic E-state index is 15.0. The molecule has 3 aliphatic carbocycles. The molecular weight excluding hydrogens is 470 g/mol. The number of hydrogen-bond donors (Lipinski definition) is 0. The summed E-state index contributed by atoms with van der Waals surface area (Å²) in [4.78, 5) is 12.8. The summed E-state index contributed by atoms with van der Waals surface area (Å²) in [7, 11) is 0. The van der Waals surface area contributed by atoms with E-state index in [9.17, 15) is 13.6 Å². The molecule has 5 heteroatoms. The molecule has 0 atom stereocenters. The molecule has 0 radical (unpaired) electrons. The summed E-state index contributed by atoms with van der Waals surface area (Å²) in [6.45, 7) is 4.93. The molecule has 0 N–H and O–H groups in total. The topological polar surface area (TPSA) is 35.5 Å². The van der Waals surface area contributed by atoms with E-state index in [1.54, 1.807) is 6.07 Å². The summed E-state index contributed by atoms with van der Waals surface area (Å²) in [5, 5.41) is 0. The lowest BCUT2D eigenvalue weighted by Gasteiger charge is -2.37. The van der Waals surface area contributed by atoms with Gasteiger partial charge in [0.15, 0.2) is 11.6 Å². The van der Waals surface area contributed by atoms with E-state index in [4.69, 9.17) is 9.47 Å². The first-order valence-electron chi connectivity index (χ1n) is 15.3. The van der Waals surface area contributed by atoms with Gasteiger partial charge in [-0.05, 0) is 106 Å². The number of unbranched alkanes of at least 4 members (excludes halogenated alkanes) is 2. The van der Waals surface area contributed by atoms with Gasteiger partial charge in [-0.2, -0.15) is 4.39 Å². The van der Waals surface area contributed by atoms with Crippen molar-refractivity contribution < 1.29 is 23.0 Å². The van der Waals surface area contributed by atoms with Gasteiger partial charge < -0.3 is 9.47 Å². The zero-order valence-corrected chi connectivity index (χ0v) is 23.1. The van der Waals surface area contributed by atoms with Gasteiger partial charge in [0.05, 0.1) is 12.0 Å². The third-order valence-corrected chi connectivity index (χ3v) is 9.68. The van der Waals surface area contributed by atoms with Crippen molar-refractivity contribution in [3.63, 3.8) is 0 Å². The van der Waals surface area contributed by atoms with E-state index in [0.29, 0.717) is 18.1 Å². The van der Waals surface area contributed by atoms with E-state index in [1.807, 2.05) is 6.92 Å². The molecule has 37 heavy (non-hydrogen) atoms. The quantitative estimate of drug-likeness (QED) is 0.176. The predicted octanol–water partition coefficient (Wildman–Crippen LogP) is 9.13. The van der Waals surface area contributed by atoms with Crippen LogP contribution in [-0.4, -0.2) is 18.7 Å². The summed E-state index contributed by atoms with van der Waals surface area (Å²) < 4.78 is 41.0. The van der Waals surface area contributed by atoms with Crippen LogP contribution in [-0.2, 0) is 9.53 Å². The Kier molecular flexibility index (Phi) is 10.8. The predicted molar refractivity (Wildman–Crippen MR) is 144 cm³/mol. The lowest BCUT2D eigenvalue weighted by atomic mass is 9.68. The first-order valence-corrected chi connectivity index (χ1v) is 15.3. The first kappa shape index (κ1) is 28.5. The highest BCUT2D eigenvalue weighted by Crippen LogP contribution is 2.43. The zero-order valence-electron chi connectivity index (χ0n) is 23.1. The first-order chi connectivity index (χ1) is 18.0. The Morgan fingerprint density at radius 2 is 1.46 bits per heavy atom. The van der Waals surface area contributed by atoms with Crippen molar-refractivity contribution in [2.45, 2.75) is 129 Å². The molecule has 4 rings (SSSR count). The molecule has 3 aliphatic rings. The van der Waals surface area contributed by atoms with Crippen molar-refractivity contribution in [2.24, 2.45) is 23.7 Å². The van der Waals surface area contributed by atoms with Gasteiger partial charge >= 0.3 is 5.97 Å². The number of carbonyl (C=O) groups excluding carboxylic acids is 1. The fraction of sp³-hybridized carbons (Fsp3) is 0.781. The Morgan fingerprint density at radius 1 is 0.811 bits per heavy atom. The third-order valence-electron chi connectivity index (χ3n) is 9.68. The molecule has 0 bridgehead atoms. The average Bonchev–Trinajstić information content (AvgIpc) is 2.93. The van der Waals surface area contributed by atoms with E-state index in [2.05, 4.69) is 6.92 Å². The van der Waals surface area contributed by atoms with E-state index in [0.717, 1.165) is 63.2 Å². The number of rotatable bonds is 10. The third kappa shape index (κ3) is 7.55. The Balaban J connectivity index is 1.23. The van der Waals surface area contributed by atoms with Crippen LogP contribution in [0.25, 0.3) is 0 Å². The Bertz CT molecular complexity index is 848. The van der Waals surface area contributed by atoms with Crippen molar-refractivity contribution in [2.75, 3.05) is 6.61 Å². The Morgan fingerprint density at radius 3 is 2.08 bits per heavy atom. The summed E-state index contributed by atoms with van der Waals surface area (Å²) >= 11 is 0. The highest BCUT2D eigenvalue weighted by atomic mass is 19.2. The molecule has 0 aliphatic heterocycles. The van der Waals surface area contributed by atoms with Crippen LogP contribution in [0.5, 0.6) is 5.75 Å². The number of hydrogen-bond acceptors (Lipinski definition) is 3. The molecule has 3 fully saturated rings. The number of carbonyl (C=O) groups is 1. The van der Waals surface area contributed by atoms with Gasteiger partial charge in [-0.25, -0.2) is 4.39 Å². The molecule has 0 heterocycles. The van der Waals surface area contributed by atoms with Gasteiger partial charge in [-0.15, -0.1) is 0 Å². The number of halogens is 2. The number of benzene rings is 1. The average molecular weight is 519 g/mol. The van der Waals surface area contributed by atoms with Crippen molar-refractivity contribution in [1.82, 2.24) is 0 Å². The van der Waals surface area contributed by atoms with E-state index >= 15 is 0 Å². The monoisotopic (exact) mass is 518 g/mol. The van der Waals surface area contributed by atoms with E-state index < -0.39 is 17.6 Å². The van der Waals surface area contributed by atoms with Crippen LogP contribution < -0.4 is 4.74 Å². The summed E-state index contributed by atoms with van der Waals surface area (Å²) in [5.41, 5.74) is 0.396. The fourth-order valence-corrected chi connectivity index (χ4v) is 7.37. The van der Waals surface area contributed by atoms with Crippen LogP contribution in [0.1, 0.15) is 128 Å². The lowest BCUT2D eigenvalue weighted by molar-refractivity contribution is -0.140. The summed E-state index contributed by atoms with van der Waals surface area (Å²) in [5.74, 6) is -0.370. The molecular formula is C32H48F2O3. The van der Waals surface area contributed by atoms with Gasteiger partial charge in [-0.3, -0.25) is 4.79 Å². The molecule has 0 aromatic heterocycles. The van der Waals surface area contributed by atoms with Crippen molar-refractivity contribution in [1.29, 1.82) is 0 Å². The highest BCUT2D eigenvalue weighted by molar-refractivity contribution is 5.75. The molecule has 1 aromatic rings.